The van der Waals surface area contributed by atoms with Gasteiger partial charge in [0.1, 0.15) is 0 Å². The lowest BCUT2D eigenvalue weighted by molar-refractivity contribution is -0.137. The smallest absolute Gasteiger partial charge is 0.352 e. The molecule has 9 heteroatoms. The number of rotatable bonds is 7. The van der Waals surface area contributed by atoms with Gasteiger partial charge in [-0.1, -0.05) is 24.3 Å². The van der Waals surface area contributed by atoms with Crippen LogP contribution >= 0.6 is 0 Å². The van der Waals surface area contributed by atoms with Crippen molar-refractivity contribution in [2.24, 2.45) is 0 Å². The standard InChI is InChI=1S/C19H21F3N2O3S/c1-13(2)24-28(26,27)15-9-7-14(8-10-15)11-12-23-18(25)16-5-3-4-6-17(16)19(20,21)22/h3-10,13,24H,11-12H2,1-2H3,(H,23,25). The zero-order valence-electron chi connectivity index (χ0n) is 15.4. The van der Waals surface area contributed by atoms with Gasteiger partial charge >= 0.3 is 6.18 Å². The van der Waals surface area contributed by atoms with Gasteiger partial charge in [-0.2, -0.15) is 13.2 Å². The highest BCUT2D eigenvalue weighted by atomic mass is 32.2. The van der Waals surface area contributed by atoms with Crippen LogP contribution in [0.1, 0.15) is 35.3 Å². The van der Waals surface area contributed by atoms with Gasteiger partial charge in [-0.15, -0.1) is 0 Å². The zero-order chi connectivity index (χ0) is 20.9. The van der Waals surface area contributed by atoms with Gasteiger partial charge in [0.2, 0.25) is 10.0 Å². The first-order valence-corrected chi connectivity index (χ1v) is 10.0. The lowest BCUT2D eigenvalue weighted by Crippen LogP contribution is -2.30. The maximum Gasteiger partial charge on any atom is 0.417 e. The highest BCUT2D eigenvalue weighted by Gasteiger charge is 2.34. The molecule has 5 nitrogen and oxygen atoms in total. The lowest BCUT2D eigenvalue weighted by atomic mass is 10.1. The van der Waals surface area contributed by atoms with Crippen LogP contribution in [-0.4, -0.2) is 26.9 Å². The van der Waals surface area contributed by atoms with Crippen molar-refractivity contribution in [1.82, 2.24) is 10.0 Å². The van der Waals surface area contributed by atoms with Crippen LogP contribution in [0.3, 0.4) is 0 Å². The summed E-state index contributed by atoms with van der Waals surface area (Å²) in [6, 6.07) is 10.4. The fraction of sp³-hybridized carbons (Fsp3) is 0.316. The molecule has 0 saturated carbocycles. The Bertz CT molecular complexity index is 924. The van der Waals surface area contributed by atoms with Gasteiger partial charge in [0.15, 0.2) is 0 Å². The Balaban J connectivity index is 1.98. The molecule has 0 saturated heterocycles. The molecule has 0 bridgehead atoms. The summed E-state index contributed by atoms with van der Waals surface area (Å²) in [6.07, 6.45) is -4.27. The number of halogens is 3. The summed E-state index contributed by atoms with van der Waals surface area (Å²) in [7, 11) is -3.59. The van der Waals surface area contributed by atoms with E-state index in [1.54, 1.807) is 26.0 Å². The van der Waals surface area contributed by atoms with E-state index in [4.69, 9.17) is 0 Å². The highest BCUT2D eigenvalue weighted by molar-refractivity contribution is 7.89. The number of benzene rings is 2. The summed E-state index contributed by atoms with van der Waals surface area (Å²) < 4.78 is 65.5. The quantitative estimate of drug-likeness (QED) is 0.730. The fourth-order valence-electron chi connectivity index (χ4n) is 2.56. The van der Waals surface area contributed by atoms with Gasteiger partial charge in [-0.3, -0.25) is 4.79 Å². The minimum absolute atomic E-state index is 0.112. The molecule has 0 spiro atoms. The van der Waals surface area contributed by atoms with Crippen LogP contribution in [0, 0.1) is 0 Å². The Morgan fingerprint density at radius 3 is 2.21 bits per heavy atom. The Morgan fingerprint density at radius 2 is 1.64 bits per heavy atom. The van der Waals surface area contributed by atoms with Crippen LogP contribution in [0.2, 0.25) is 0 Å². The van der Waals surface area contributed by atoms with Crippen molar-refractivity contribution in [3.63, 3.8) is 0 Å². The van der Waals surface area contributed by atoms with E-state index in [1.807, 2.05) is 0 Å². The van der Waals surface area contributed by atoms with E-state index in [0.29, 0.717) is 6.42 Å². The first kappa shape index (κ1) is 21.9. The van der Waals surface area contributed by atoms with Crippen LogP contribution < -0.4 is 10.0 Å². The number of alkyl halides is 3. The Morgan fingerprint density at radius 1 is 1.04 bits per heavy atom. The summed E-state index contributed by atoms with van der Waals surface area (Å²) in [5.41, 5.74) is -0.677. The minimum Gasteiger partial charge on any atom is -0.352 e. The van der Waals surface area contributed by atoms with Crippen molar-refractivity contribution in [2.45, 2.75) is 37.4 Å². The van der Waals surface area contributed by atoms with Crippen LogP contribution in [-0.2, 0) is 22.6 Å². The minimum atomic E-state index is -4.61. The van der Waals surface area contributed by atoms with Crippen molar-refractivity contribution in [2.75, 3.05) is 6.54 Å². The molecule has 152 valence electrons. The molecule has 0 radical (unpaired) electrons. The molecule has 0 aliphatic rings. The maximum atomic E-state index is 13.0. The van der Waals surface area contributed by atoms with E-state index in [0.717, 1.165) is 17.7 Å². The van der Waals surface area contributed by atoms with E-state index >= 15 is 0 Å². The molecule has 0 unspecified atom stereocenters. The molecule has 0 aliphatic carbocycles. The highest BCUT2D eigenvalue weighted by Crippen LogP contribution is 2.31. The van der Waals surface area contributed by atoms with Gasteiger partial charge in [0, 0.05) is 12.6 Å². The second-order valence-electron chi connectivity index (χ2n) is 6.47. The molecule has 2 aromatic carbocycles. The largest absolute Gasteiger partial charge is 0.417 e. The van der Waals surface area contributed by atoms with Gasteiger partial charge < -0.3 is 5.32 Å². The molecule has 0 aliphatic heterocycles. The molecule has 0 fully saturated rings. The third-order valence-corrected chi connectivity index (χ3v) is 5.48. The predicted molar refractivity (Wildman–Crippen MR) is 99.4 cm³/mol. The maximum absolute atomic E-state index is 13.0. The van der Waals surface area contributed by atoms with Gasteiger partial charge in [0.25, 0.3) is 5.91 Å². The number of hydrogen-bond acceptors (Lipinski definition) is 3. The van der Waals surface area contributed by atoms with Crippen LogP contribution in [0.15, 0.2) is 53.4 Å². The second kappa shape index (κ2) is 8.74. The summed E-state index contributed by atoms with van der Waals surface area (Å²) >= 11 is 0. The zero-order valence-corrected chi connectivity index (χ0v) is 16.2. The Hall–Kier alpha value is -2.39. The van der Waals surface area contributed by atoms with E-state index in [-0.39, 0.29) is 17.5 Å². The number of carbonyl (C=O) groups excluding carboxylic acids is 1. The average molecular weight is 414 g/mol. The van der Waals surface area contributed by atoms with E-state index in [1.165, 1.54) is 24.3 Å². The number of hydrogen-bond donors (Lipinski definition) is 2. The Labute approximate surface area is 162 Å². The normalized spacial score (nSPS) is 12.2. The summed E-state index contributed by atoms with van der Waals surface area (Å²) in [4.78, 5) is 12.2. The second-order valence-corrected chi connectivity index (χ2v) is 8.18. The van der Waals surface area contributed by atoms with Crippen molar-refractivity contribution >= 4 is 15.9 Å². The molecule has 1 amide bonds. The summed E-state index contributed by atoms with van der Waals surface area (Å²) in [6.45, 7) is 3.54. The summed E-state index contributed by atoms with van der Waals surface area (Å²) in [5, 5.41) is 2.46. The molecule has 28 heavy (non-hydrogen) atoms. The molecule has 0 atom stereocenters. The third kappa shape index (κ3) is 5.80. The van der Waals surface area contributed by atoms with Crippen molar-refractivity contribution in [1.29, 1.82) is 0 Å². The number of carbonyl (C=O) groups is 1. The molecule has 0 heterocycles. The van der Waals surface area contributed by atoms with Gasteiger partial charge in [-0.25, -0.2) is 13.1 Å². The molecular formula is C19H21F3N2O3S. The van der Waals surface area contributed by atoms with Gasteiger partial charge in [-0.05, 0) is 50.1 Å². The summed E-state index contributed by atoms with van der Waals surface area (Å²) in [5.74, 6) is -0.812. The topological polar surface area (TPSA) is 75.3 Å². The molecular weight excluding hydrogens is 393 g/mol. The van der Waals surface area contributed by atoms with Crippen molar-refractivity contribution < 1.29 is 26.4 Å². The lowest BCUT2D eigenvalue weighted by Gasteiger charge is -2.13. The van der Waals surface area contributed by atoms with Crippen molar-refractivity contribution in [3.8, 4) is 0 Å². The van der Waals surface area contributed by atoms with E-state index in [2.05, 4.69) is 10.0 Å². The van der Waals surface area contributed by atoms with E-state index in [9.17, 15) is 26.4 Å². The monoisotopic (exact) mass is 414 g/mol. The number of amides is 1. The molecule has 2 aromatic rings. The predicted octanol–water partition coefficient (Wildman–Crippen LogP) is 3.36. The van der Waals surface area contributed by atoms with E-state index < -0.39 is 33.2 Å². The van der Waals surface area contributed by atoms with Crippen molar-refractivity contribution in [3.05, 3.63) is 65.2 Å². The van der Waals surface area contributed by atoms with Crippen LogP contribution in [0.25, 0.3) is 0 Å². The third-order valence-electron chi connectivity index (χ3n) is 3.80. The van der Waals surface area contributed by atoms with Gasteiger partial charge in [0.05, 0.1) is 16.0 Å². The number of nitrogens with one attached hydrogen (secondary N) is 2. The first-order valence-electron chi connectivity index (χ1n) is 8.56. The number of sulfonamides is 1. The average Bonchev–Trinajstić information content (AvgIpc) is 2.60. The Kier molecular flexibility index (Phi) is 6.84. The molecule has 2 rings (SSSR count). The SMILES string of the molecule is CC(C)NS(=O)(=O)c1ccc(CCNC(=O)c2ccccc2C(F)(F)F)cc1. The van der Waals surface area contributed by atoms with Crippen LogP contribution in [0.4, 0.5) is 13.2 Å². The molecule has 2 N–H and O–H groups in total. The first-order chi connectivity index (χ1) is 13.0. The molecule has 0 aromatic heterocycles. The van der Waals surface area contributed by atoms with Crippen LogP contribution in [0.5, 0.6) is 0 Å². The fourth-order valence-corrected chi connectivity index (χ4v) is 3.81.